The zero-order chi connectivity index (χ0) is 21.6. The van der Waals surface area contributed by atoms with Crippen LogP contribution in [0.3, 0.4) is 0 Å². The van der Waals surface area contributed by atoms with Gasteiger partial charge in [0.15, 0.2) is 0 Å². The summed E-state index contributed by atoms with van der Waals surface area (Å²) in [5.41, 5.74) is -0.529. The highest BCUT2D eigenvalue weighted by molar-refractivity contribution is 5.84. The molecular formula is C24H39NO5. The Bertz CT molecular complexity index is 599. The zero-order valence-corrected chi connectivity index (χ0v) is 18.5. The van der Waals surface area contributed by atoms with E-state index in [0.717, 1.165) is 77.0 Å². The number of carbonyl (C=O) groups excluding carboxylic acids is 2. The van der Waals surface area contributed by atoms with E-state index in [1.54, 1.807) is 0 Å². The number of amides is 1. The molecule has 3 saturated carbocycles. The number of hydrogen-bond donors (Lipinski definition) is 2. The second kappa shape index (κ2) is 10.6. The van der Waals surface area contributed by atoms with E-state index in [4.69, 9.17) is 4.74 Å². The third-order valence-electron chi connectivity index (χ3n) is 7.87. The highest BCUT2D eigenvalue weighted by atomic mass is 16.5. The largest absolute Gasteiger partial charge is 0.481 e. The van der Waals surface area contributed by atoms with Crippen molar-refractivity contribution in [3.05, 3.63) is 0 Å². The van der Waals surface area contributed by atoms with Gasteiger partial charge in [0.1, 0.15) is 0 Å². The lowest BCUT2D eigenvalue weighted by Gasteiger charge is -2.37. The van der Waals surface area contributed by atoms with E-state index in [0.29, 0.717) is 13.0 Å². The van der Waals surface area contributed by atoms with Crippen molar-refractivity contribution in [1.82, 2.24) is 5.32 Å². The smallest absolute Gasteiger partial charge is 0.308 e. The van der Waals surface area contributed by atoms with Gasteiger partial charge in [-0.05, 0) is 70.6 Å². The summed E-state index contributed by atoms with van der Waals surface area (Å²) in [7, 11) is 0. The summed E-state index contributed by atoms with van der Waals surface area (Å²) < 4.78 is 5.14. The minimum Gasteiger partial charge on any atom is -0.481 e. The van der Waals surface area contributed by atoms with Crippen molar-refractivity contribution in [1.29, 1.82) is 0 Å². The van der Waals surface area contributed by atoms with Gasteiger partial charge in [-0.25, -0.2) is 0 Å². The molecule has 0 spiro atoms. The second-order valence-electron chi connectivity index (χ2n) is 9.81. The van der Waals surface area contributed by atoms with Crippen LogP contribution in [0.1, 0.15) is 96.8 Å². The van der Waals surface area contributed by atoms with Crippen LogP contribution in [0.2, 0.25) is 0 Å². The molecular weight excluding hydrogens is 382 g/mol. The zero-order valence-electron chi connectivity index (χ0n) is 18.5. The van der Waals surface area contributed by atoms with E-state index in [2.05, 4.69) is 5.32 Å². The fourth-order valence-corrected chi connectivity index (χ4v) is 6.06. The highest BCUT2D eigenvalue weighted by Crippen LogP contribution is 2.47. The summed E-state index contributed by atoms with van der Waals surface area (Å²) in [6, 6.07) is 0.0820. The van der Waals surface area contributed by atoms with Crippen LogP contribution in [-0.2, 0) is 19.1 Å². The Labute approximate surface area is 180 Å². The van der Waals surface area contributed by atoms with Crippen LogP contribution in [0, 0.1) is 23.2 Å². The van der Waals surface area contributed by atoms with Crippen molar-refractivity contribution in [2.24, 2.45) is 23.2 Å². The lowest BCUT2D eigenvalue weighted by atomic mass is 9.69. The van der Waals surface area contributed by atoms with E-state index in [-0.39, 0.29) is 29.8 Å². The molecule has 170 valence electrons. The fraction of sp³-hybridized carbons (Fsp3) is 0.875. The molecule has 1 amide bonds. The van der Waals surface area contributed by atoms with Crippen LogP contribution < -0.4 is 5.32 Å². The Morgan fingerprint density at radius 1 is 0.967 bits per heavy atom. The molecule has 3 rings (SSSR count). The Morgan fingerprint density at radius 2 is 1.60 bits per heavy atom. The number of rotatable bonds is 8. The van der Waals surface area contributed by atoms with Gasteiger partial charge >= 0.3 is 11.9 Å². The summed E-state index contributed by atoms with van der Waals surface area (Å²) in [5.74, 6) is -1.04. The number of esters is 1. The van der Waals surface area contributed by atoms with E-state index in [1.165, 1.54) is 6.42 Å². The number of hydrogen-bond acceptors (Lipinski definition) is 4. The van der Waals surface area contributed by atoms with Gasteiger partial charge < -0.3 is 15.2 Å². The summed E-state index contributed by atoms with van der Waals surface area (Å²) in [6.07, 6.45) is 12.5. The van der Waals surface area contributed by atoms with Gasteiger partial charge in [-0.1, -0.05) is 32.1 Å². The number of aliphatic carboxylic acids is 1. The predicted octanol–water partition coefficient (Wildman–Crippen LogP) is 4.46. The van der Waals surface area contributed by atoms with Crippen LogP contribution in [0.15, 0.2) is 0 Å². The van der Waals surface area contributed by atoms with Crippen molar-refractivity contribution in [3.63, 3.8) is 0 Å². The minimum atomic E-state index is -0.726. The van der Waals surface area contributed by atoms with E-state index in [1.807, 2.05) is 6.92 Å². The predicted molar refractivity (Wildman–Crippen MR) is 114 cm³/mol. The van der Waals surface area contributed by atoms with Crippen molar-refractivity contribution in [3.8, 4) is 0 Å². The maximum Gasteiger partial charge on any atom is 0.308 e. The summed E-state index contributed by atoms with van der Waals surface area (Å²) in [4.78, 5) is 37.5. The molecule has 0 saturated heterocycles. The highest BCUT2D eigenvalue weighted by Gasteiger charge is 2.46. The molecule has 0 aromatic heterocycles. The first kappa shape index (κ1) is 23.1. The van der Waals surface area contributed by atoms with E-state index >= 15 is 0 Å². The molecule has 1 unspecified atom stereocenters. The molecule has 6 heteroatoms. The summed E-state index contributed by atoms with van der Waals surface area (Å²) >= 11 is 0. The number of carbonyl (C=O) groups is 3. The quantitative estimate of drug-likeness (QED) is 0.565. The molecule has 3 aliphatic carbocycles. The molecule has 3 aliphatic rings. The maximum atomic E-state index is 13.4. The van der Waals surface area contributed by atoms with Crippen LogP contribution in [0.4, 0.5) is 0 Å². The second-order valence-corrected chi connectivity index (χ2v) is 9.81. The number of nitrogens with one attached hydrogen (secondary N) is 1. The number of ether oxygens (including phenoxy) is 1. The molecule has 1 atom stereocenters. The summed E-state index contributed by atoms with van der Waals surface area (Å²) in [5, 5.41) is 13.2. The molecule has 0 aromatic rings. The molecule has 2 N–H and O–H groups in total. The molecule has 0 radical (unpaired) electrons. The Kier molecular flexibility index (Phi) is 8.18. The van der Waals surface area contributed by atoms with Crippen LogP contribution >= 0.6 is 0 Å². The monoisotopic (exact) mass is 421 g/mol. The van der Waals surface area contributed by atoms with Crippen LogP contribution in [-0.4, -0.2) is 35.6 Å². The Balaban J connectivity index is 1.60. The van der Waals surface area contributed by atoms with Crippen molar-refractivity contribution in [2.75, 3.05) is 6.61 Å². The Hall–Kier alpha value is -1.59. The SMILES string of the molecule is CCOC(=O)C1CCC(NC(=O)C2(CC(C(=O)O)C3CCCCC3)CCCC2)CC1. The van der Waals surface area contributed by atoms with Gasteiger partial charge in [0.25, 0.3) is 0 Å². The first-order chi connectivity index (χ1) is 14.4. The molecule has 0 aromatic carbocycles. The lowest BCUT2D eigenvalue weighted by molar-refractivity contribution is -0.149. The van der Waals surface area contributed by atoms with E-state index < -0.39 is 17.3 Å². The van der Waals surface area contributed by atoms with Crippen molar-refractivity contribution < 1.29 is 24.2 Å². The van der Waals surface area contributed by atoms with Crippen molar-refractivity contribution in [2.45, 2.75) is 103 Å². The van der Waals surface area contributed by atoms with Crippen LogP contribution in [0.5, 0.6) is 0 Å². The first-order valence-electron chi connectivity index (χ1n) is 12.2. The topological polar surface area (TPSA) is 92.7 Å². The minimum absolute atomic E-state index is 0.0544. The standard InChI is InChI=1S/C24H39NO5/c1-2-30-22(28)18-10-12-19(13-11-18)25-23(29)24(14-6-7-15-24)16-20(21(26)27)17-8-4-3-5-9-17/h17-20H,2-16H2,1H3,(H,25,29)(H,26,27). The number of carboxylic acids is 1. The lowest BCUT2D eigenvalue weighted by Crippen LogP contribution is -2.48. The Morgan fingerprint density at radius 3 is 2.17 bits per heavy atom. The normalized spacial score (nSPS) is 27.9. The molecule has 3 fully saturated rings. The third-order valence-corrected chi connectivity index (χ3v) is 7.87. The third kappa shape index (κ3) is 5.55. The number of carboxylic acid groups (broad SMARTS) is 1. The van der Waals surface area contributed by atoms with Crippen LogP contribution in [0.25, 0.3) is 0 Å². The van der Waals surface area contributed by atoms with Gasteiger partial charge in [-0.3, -0.25) is 14.4 Å². The molecule has 30 heavy (non-hydrogen) atoms. The van der Waals surface area contributed by atoms with Gasteiger partial charge in [-0.2, -0.15) is 0 Å². The fourth-order valence-electron chi connectivity index (χ4n) is 6.06. The first-order valence-corrected chi connectivity index (χ1v) is 12.2. The molecule has 0 aliphatic heterocycles. The maximum absolute atomic E-state index is 13.4. The average molecular weight is 422 g/mol. The van der Waals surface area contributed by atoms with Gasteiger partial charge in [0.05, 0.1) is 23.9 Å². The molecule has 0 heterocycles. The summed E-state index contributed by atoms with van der Waals surface area (Å²) in [6.45, 7) is 2.23. The van der Waals surface area contributed by atoms with Gasteiger partial charge in [0, 0.05) is 6.04 Å². The van der Waals surface area contributed by atoms with E-state index in [9.17, 15) is 19.5 Å². The van der Waals surface area contributed by atoms with Gasteiger partial charge in [-0.15, -0.1) is 0 Å². The molecule has 0 bridgehead atoms. The molecule has 6 nitrogen and oxygen atoms in total. The van der Waals surface area contributed by atoms with Crippen molar-refractivity contribution >= 4 is 17.8 Å². The van der Waals surface area contributed by atoms with Gasteiger partial charge in [0.2, 0.25) is 5.91 Å². The average Bonchev–Trinajstić information content (AvgIpc) is 3.23.